The van der Waals surface area contributed by atoms with Gasteiger partial charge in [-0.3, -0.25) is 0 Å². The van der Waals surface area contributed by atoms with Crippen LogP contribution in [0.2, 0.25) is 0 Å². The normalized spacial score (nSPS) is 18.0. The molecule has 2 amide bonds. The van der Waals surface area contributed by atoms with Crippen LogP contribution in [0.15, 0.2) is 36.0 Å². The van der Waals surface area contributed by atoms with Gasteiger partial charge in [0.1, 0.15) is 0 Å². The summed E-state index contributed by atoms with van der Waals surface area (Å²) < 4.78 is 0. The third kappa shape index (κ3) is 3.94. The number of carbonyl (C=O) groups excluding carboxylic acids is 1. The van der Waals surface area contributed by atoms with Gasteiger partial charge in [0.2, 0.25) is 5.95 Å². The number of thiophene rings is 1. The molecule has 0 spiro atoms. The number of carbonyl (C=O) groups is 1. The number of nitrogens with one attached hydrogen (secondary N) is 2. The molecule has 7 heteroatoms. The Morgan fingerprint density at radius 1 is 1.36 bits per heavy atom. The first-order valence-electron chi connectivity index (χ1n) is 7.40. The lowest BCUT2D eigenvalue weighted by atomic mass is 10.1. The van der Waals surface area contributed by atoms with Crippen molar-refractivity contribution in [3.8, 4) is 0 Å². The minimum absolute atomic E-state index is 0.116. The van der Waals surface area contributed by atoms with Crippen LogP contribution in [-0.4, -0.2) is 35.1 Å². The van der Waals surface area contributed by atoms with E-state index in [-0.39, 0.29) is 12.1 Å². The standard InChI is InChI=1S/C15H19N5OS/c21-15(18-10-13-5-2-9-22-13)19-12-4-1-8-20(11-12)14-16-6-3-7-17-14/h2-3,5-7,9,12H,1,4,8,10-11H2,(H2,18,19,21)/t12-/m1/s1. The predicted octanol–water partition coefficient (Wildman–Crippen LogP) is 2.01. The summed E-state index contributed by atoms with van der Waals surface area (Å²) in [6.07, 6.45) is 5.49. The summed E-state index contributed by atoms with van der Waals surface area (Å²) in [4.78, 5) is 23.8. The second-order valence-electron chi connectivity index (χ2n) is 5.24. The Morgan fingerprint density at radius 2 is 2.23 bits per heavy atom. The number of anilines is 1. The maximum absolute atomic E-state index is 12.0. The van der Waals surface area contributed by atoms with Gasteiger partial charge in [-0.25, -0.2) is 14.8 Å². The summed E-state index contributed by atoms with van der Waals surface area (Å²) in [7, 11) is 0. The molecule has 6 nitrogen and oxygen atoms in total. The summed E-state index contributed by atoms with van der Waals surface area (Å²) in [5.41, 5.74) is 0. The molecule has 1 atom stereocenters. The Hall–Kier alpha value is -2.15. The van der Waals surface area contributed by atoms with Gasteiger partial charge in [-0.2, -0.15) is 0 Å². The largest absolute Gasteiger partial charge is 0.339 e. The molecule has 0 saturated carbocycles. The highest BCUT2D eigenvalue weighted by molar-refractivity contribution is 7.09. The van der Waals surface area contributed by atoms with E-state index in [0.29, 0.717) is 6.54 Å². The van der Waals surface area contributed by atoms with Crippen LogP contribution in [0.1, 0.15) is 17.7 Å². The van der Waals surface area contributed by atoms with Gasteiger partial charge in [0.15, 0.2) is 0 Å². The van der Waals surface area contributed by atoms with Gasteiger partial charge < -0.3 is 15.5 Å². The number of hydrogen-bond acceptors (Lipinski definition) is 5. The Labute approximate surface area is 133 Å². The van der Waals surface area contributed by atoms with Crippen molar-refractivity contribution in [1.29, 1.82) is 0 Å². The van der Waals surface area contributed by atoms with Gasteiger partial charge in [0.25, 0.3) is 0 Å². The van der Waals surface area contributed by atoms with E-state index in [2.05, 4.69) is 25.5 Å². The molecule has 2 aromatic rings. The van der Waals surface area contributed by atoms with Gasteiger partial charge >= 0.3 is 6.03 Å². The fourth-order valence-corrected chi connectivity index (χ4v) is 3.19. The van der Waals surface area contributed by atoms with Crippen molar-refractivity contribution in [3.05, 3.63) is 40.8 Å². The number of amides is 2. The van der Waals surface area contributed by atoms with E-state index in [1.54, 1.807) is 29.8 Å². The van der Waals surface area contributed by atoms with E-state index >= 15 is 0 Å². The zero-order valence-electron chi connectivity index (χ0n) is 12.2. The molecule has 2 N–H and O–H groups in total. The quantitative estimate of drug-likeness (QED) is 0.905. The lowest BCUT2D eigenvalue weighted by Crippen LogP contribution is -2.50. The highest BCUT2D eigenvalue weighted by Crippen LogP contribution is 2.15. The van der Waals surface area contributed by atoms with E-state index in [1.807, 2.05) is 17.5 Å². The molecule has 1 saturated heterocycles. The number of aromatic nitrogens is 2. The smallest absolute Gasteiger partial charge is 0.315 e. The summed E-state index contributed by atoms with van der Waals surface area (Å²) in [6, 6.07) is 5.81. The third-order valence-electron chi connectivity index (χ3n) is 3.59. The molecule has 0 radical (unpaired) electrons. The number of piperidine rings is 1. The van der Waals surface area contributed by atoms with Crippen molar-refractivity contribution in [2.75, 3.05) is 18.0 Å². The fourth-order valence-electron chi connectivity index (χ4n) is 2.55. The highest BCUT2D eigenvalue weighted by Gasteiger charge is 2.22. The molecule has 2 aromatic heterocycles. The van der Waals surface area contributed by atoms with Gasteiger partial charge in [-0.15, -0.1) is 11.3 Å². The maximum Gasteiger partial charge on any atom is 0.315 e. The van der Waals surface area contributed by atoms with Gasteiger partial charge in [-0.05, 0) is 30.4 Å². The number of urea groups is 1. The van der Waals surface area contributed by atoms with E-state index in [9.17, 15) is 4.79 Å². The van der Waals surface area contributed by atoms with Crippen LogP contribution in [0.25, 0.3) is 0 Å². The van der Waals surface area contributed by atoms with Gasteiger partial charge in [0.05, 0.1) is 6.54 Å². The first kappa shape index (κ1) is 14.8. The lowest BCUT2D eigenvalue weighted by Gasteiger charge is -2.33. The van der Waals surface area contributed by atoms with Crippen LogP contribution in [0, 0.1) is 0 Å². The Kier molecular flexibility index (Phi) is 4.85. The van der Waals surface area contributed by atoms with Crippen molar-refractivity contribution >= 4 is 23.3 Å². The minimum Gasteiger partial charge on any atom is -0.339 e. The molecule has 3 rings (SSSR count). The molecule has 1 aliphatic heterocycles. The molecular weight excluding hydrogens is 298 g/mol. The van der Waals surface area contributed by atoms with E-state index in [4.69, 9.17) is 0 Å². The van der Waals surface area contributed by atoms with Crippen molar-refractivity contribution in [1.82, 2.24) is 20.6 Å². The van der Waals surface area contributed by atoms with E-state index in [0.717, 1.165) is 36.8 Å². The third-order valence-corrected chi connectivity index (χ3v) is 4.47. The molecule has 0 aromatic carbocycles. The predicted molar refractivity (Wildman–Crippen MR) is 87.0 cm³/mol. The second-order valence-corrected chi connectivity index (χ2v) is 6.27. The molecular formula is C15H19N5OS. The molecule has 3 heterocycles. The second kappa shape index (κ2) is 7.22. The number of hydrogen-bond donors (Lipinski definition) is 2. The van der Waals surface area contributed by atoms with Crippen LogP contribution in [0.4, 0.5) is 10.7 Å². The van der Waals surface area contributed by atoms with Crippen LogP contribution in [0.3, 0.4) is 0 Å². The molecule has 1 aliphatic rings. The average molecular weight is 317 g/mol. The molecule has 22 heavy (non-hydrogen) atoms. The SMILES string of the molecule is O=C(NCc1cccs1)N[C@@H]1CCCN(c2ncccn2)C1. The van der Waals surface area contributed by atoms with Crippen LogP contribution in [-0.2, 0) is 6.54 Å². The Balaban J connectivity index is 1.48. The zero-order valence-corrected chi connectivity index (χ0v) is 13.1. The minimum atomic E-state index is -0.116. The van der Waals surface area contributed by atoms with Crippen molar-refractivity contribution in [3.63, 3.8) is 0 Å². The lowest BCUT2D eigenvalue weighted by molar-refractivity contribution is 0.234. The number of rotatable bonds is 4. The van der Waals surface area contributed by atoms with Crippen molar-refractivity contribution in [2.24, 2.45) is 0 Å². The maximum atomic E-state index is 12.0. The monoisotopic (exact) mass is 317 g/mol. The van der Waals surface area contributed by atoms with Crippen molar-refractivity contribution in [2.45, 2.75) is 25.4 Å². The summed E-state index contributed by atoms with van der Waals surface area (Å²) >= 11 is 1.64. The highest BCUT2D eigenvalue weighted by atomic mass is 32.1. The molecule has 0 unspecified atom stereocenters. The summed E-state index contributed by atoms with van der Waals surface area (Å²) in [5.74, 6) is 0.730. The van der Waals surface area contributed by atoms with Crippen LogP contribution < -0.4 is 15.5 Å². The average Bonchev–Trinajstić information content (AvgIpc) is 3.08. The van der Waals surface area contributed by atoms with Crippen LogP contribution in [0.5, 0.6) is 0 Å². The fraction of sp³-hybridized carbons (Fsp3) is 0.400. The van der Waals surface area contributed by atoms with E-state index < -0.39 is 0 Å². The van der Waals surface area contributed by atoms with Crippen molar-refractivity contribution < 1.29 is 4.79 Å². The first-order chi connectivity index (χ1) is 10.8. The summed E-state index contributed by atoms with van der Waals surface area (Å²) in [5, 5.41) is 7.94. The number of nitrogens with zero attached hydrogens (tertiary/aromatic N) is 3. The summed E-state index contributed by atoms with van der Waals surface area (Å²) in [6.45, 7) is 2.25. The Morgan fingerprint density at radius 3 is 3.00 bits per heavy atom. The van der Waals surface area contributed by atoms with Gasteiger partial charge in [0, 0.05) is 36.4 Å². The zero-order chi connectivity index (χ0) is 15.2. The Bertz CT molecular complexity index is 589. The van der Waals surface area contributed by atoms with E-state index in [1.165, 1.54) is 0 Å². The molecule has 0 bridgehead atoms. The molecule has 116 valence electrons. The molecule has 0 aliphatic carbocycles. The van der Waals surface area contributed by atoms with Crippen LogP contribution >= 0.6 is 11.3 Å². The first-order valence-corrected chi connectivity index (χ1v) is 8.28. The topological polar surface area (TPSA) is 70.2 Å². The van der Waals surface area contributed by atoms with Gasteiger partial charge in [-0.1, -0.05) is 6.07 Å². The molecule has 1 fully saturated rings.